The summed E-state index contributed by atoms with van der Waals surface area (Å²) >= 11 is 0. The van der Waals surface area contributed by atoms with Gasteiger partial charge in [-0.2, -0.15) is 0 Å². The van der Waals surface area contributed by atoms with E-state index in [0.29, 0.717) is 17.7 Å². The summed E-state index contributed by atoms with van der Waals surface area (Å²) in [6.07, 6.45) is 1.18. The highest BCUT2D eigenvalue weighted by atomic mass is 16.5. The molecule has 2 unspecified atom stereocenters. The van der Waals surface area contributed by atoms with E-state index in [1.165, 1.54) is 6.42 Å². The Morgan fingerprint density at radius 2 is 1.71 bits per heavy atom. The van der Waals surface area contributed by atoms with Gasteiger partial charge in [0.1, 0.15) is 5.75 Å². The number of ether oxygens (including phenoxy) is 3. The number of benzene rings is 1. The zero-order valence-electron chi connectivity index (χ0n) is 13.6. The van der Waals surface area contributed by atoms with E-state index in [1.54, 1.807) is 21.3 Å². The Morgan fingerprint density at radius 3 is 2.29 bits per heavy atom. The van der Waals surface area contributed by atoms with Crippen LogP contribution in [0, 0.1) is 5.92 Å². The van der Waals surface area contributed by atoms with Crippen LogP contribution in [-0.2, 0) is 0 Å². The molecule has 1 N–H and O–H groups in total. The number of methoxy groups -OCH3 is 3. The van der Waals surface area contributed by atoms with Crippen LogP contribution in [0.15, 0.2) is 12.1 Å². The lowest BCUT2D eigenvalue weighted by Crippen LogP contribution is -2.27. The van der Waals surface area contributed by atoms with Gasteiger partial charge in [0.25, 0.3) is 0 Å². The molecule has 1 aromatic rings. The highest BCUT2D eigenvalue weighted by molar-refractivity contribution is 5.52. The molecule has 0 aromatic heterocycles. The molecule has 1 heterocycles. The van der Waals surface area contributed by atoms with Gasteiger partial charge in [-0.05, 0) is 45.6 Å². The maximum absolute atomic E-state index is 5.59. The Hall–Kier alpha value is -1.46. The Labute approximate surface area is 127 Å². The van der Waals surface area contributed by atoms with Crippen LogP contribution in [-0.4, -0.2) is 53.4 Å². The lowest BCUT2D eigenvalue weighted by molar-refractivity contribution is 0.263. The monoisotopic (exact) mass is 294 g/mol. The standard InChI is InChI=1S/C16H26N2O3/c1-17-10-11-6-7-18(2)16(11)12-8-14(20-4)15(21-5)9-13(12)19-3/h8-9,11,16-17H,6-7,10H2,1-5H3. The minimum absolute atomic E-state index is 0.326. The second-order valence-corrected chi connectivity index (χ2v) is 5.48. The number of nitrogens with one attached hydrogen (secondary N) is 1. The van der Waals surface area contributed by atoms with Gasteiger partial charge < -0.3 is 19.5 Å². The summed E-state index contributed by atoms with van der Waals surface area (Å²) in [5.74, 6) is 2.86. The van der Waals surface area contributed by atoms with Gasteiger partial charge in [0.2, 0.25) is 0 Å². The average molecular weight is 294 g/mol. The second kappa shape index (κ2) is 7.00. The van der Waals surface area contributed by atoms with Crippen molar-refractivity contribution in [3.8, 4) is 17.2 Å². The molecule has 0 aliphatic carbocycles. The number of rotatable bonds is 6. The molecule has 2 rings (SSSR count). The first kappa shape index (κ1) is 15.9. The predicted molar refractivity (Wildman–Crippen MR) is 83.5 cm³/mol. The lowest BCUT2D eigenvalue weighted by atomic mass is 9.92. The third-order valence-electron chi connectivity index (χ3n) is 4.29. The number of hydrogen-bond donors (Lipinski definition) is 1. The Kier molecular flexibility index (Phi) is 5.31. The highest BCUT2D eigenvalue weighted by Gasteiger charge is 2.35. The van der Waals surface area contributed by atoms with E-state index in [0.717, 1.165) is 30.2 Å². The van der Waals surface area contributed by atoms with Gasteiger partial charge in [-0.25, -0.2) is 0 Å². The first-order valence-electron chi connectivity index (χ1n) is 7.31. The van der Waals surface area contributed by atoms with E-state index >= 15 is 0 Å². The maximum atomic E-state index is 5.59. The van der Waals surface area contributed by atoms with Crippen molar-refractivity contribution < 1.29 is 14.2 Å². The molecule has 0 radical (unpaired) electrons. The molecule has 2 atom stereocenters. The van der Waals surface area contributed by atoms with Crippen LogP contribution in [0.5, 0.6) is 17.2 Å². The van der Waals surface area contributed by atoms with Gasteiger partial charge in [-0.3, -0.25) is 4.90 Å². The average Bonchev–Trinajstić information content (AvgIpc) is 2.87. The van der Waals surface area contributed by atoms with Crippen molar-refractivity contribution in [2.24, 2.45) is 5.92 Å². The summed E-state index contributed by atoms with van der Waals surface area (Å²) < 4.78 is 16.4. The van der Waals surface area contributed by atoms with Crippen LogP contribution in [0.1, 0.15) is 18.0 Å². The summed E-state index contributed by atoms with van der Waals surface area (Å²) in [5, 5.41) is 3.30. The molecular formula is C16H26N2O3. The third-order valence-corrected chi connectivity index (χ3v) is 4.29. The summed E-state index contributed by atoms with van der Waals surface area (Å²) in [7, 11) is 9.17. The van der Waals surface area contributed by atoms with Crippen LogP contribution in [0.25, 0.3) is 0 Å². The molecule has 5 nitrogen and oxygen atoms in total. The molecular weight excluding hydrogens is 268 g/mol. The van der Waals surface area contributed by atoms with E-state index < -0.39 is 0 Å². The van der Waals surface area contributed by atoms with Crippen molar-refractivity contribution in [3.05, 3.63) is 17.7 Å². The first-order chi connectivity index (χ1) is 10.2. The molecule has 1 aromatic carbocycles. The molecule has 0 spiro atoms. The third kappa shape index (κ3) is 3.09. The van der Waals surface area contributed by atoms with Crippen LogP contribution >= 0.6 is 0 Å². The van der Waals surface area contributed by atoms with Crippen molar-refractivity contribution in [2.45, 2.75) is 12.5 Å². The number of likely N-dealkylation sites (tertiary alicyclic amines) is 1. The SMILES string of the molecule is CNCC1CCN(C)C1c1cc(OC)c(OC)cc1OC. The Bertz CT molecular complexity index is 477. The molecule has 1 aliphatic rings. The molecule has 1 saturated heterocycles. The Balaban J connectivity index is 2.45. The van der Waals surface area contributed by atoms with Crippen LogP contribution < -0.4 is 19.5 Å². The molecule has 1 aliphatic heterocycles. The molecule has 5 heteroatoms. The van der Waals surface area contributed by atoms with Crippen molar-refractivity contribution in [3.63, 3.8) is 0 Å². The smallest absolute Gasteiger partial charge is 0.164 e. The quantitative estimate of drug-likeness (QED) is 0.868. The van der Waals surface area contributed by atoms with E-state index in [2.05, 4.69) is 17.3 Å². The summed E-state index contributed by atoms with van der Waals surface area (Å²) in [6.45, 7) is 2.08. The summed E-state index contributed by atoms with van der Waals surface area (Å²) in [6, 6.07) is 4.29. The fourth-order valence-electron chi connectivity index (χ4n) is 3.28. The van der Waals surface area contributed by atoms with Gasteiger partial charge in [0.05, 0.1) is 21.3 Å². The van der Waals surface area contributed by atoms with Gasteiger partial charge in [0, 0.05) is 17.7 Å². The zero-order valence-corrected chi connectivity index (χ0v) is 13.6. The van der Waals surface area contributed by atoms with Gasteiger partial charge in [-0.15, -0.1) is 0 Å². The topological polar surface area (TPSA) is 43.0 Å². The number of nitrogens with zero attached hydrogens (tertiary/aromatic N) is 1. The van der Waals surface area contributed by atoms with Crippen molar-refractivity contribution in [1.29, 1.82) is 0 Å². The molecule has 21 heavy (non-hydrogen) atoms. The van der Waals surface area contributed by atoms with E-state index in [-0.39, 0.29) is 0 Å². The van der Waals surface area contributed by atoms with Crippen molar-refractivity contribution in [2.75, 3.05) is 48.5 Å². The molecule has 1 fully saturated rings. The summed E-state index contributed by atoms with van der Waals surface area (Å²) in [5.41, 5.74) is 1.16. The molecule has 0 amide bonds. The van der Waals surface area contributed by atoms with Crippen LogP contribution in [0.2, 0.25) is 0 Å². The fraction of sp³-hybridized carbons (Fsp3) is 0.625. The van der Waals surface area contributed by atoms with Gasteiger partial charge in [0.15, 0.2) is 11.5 Å². The highest BCUT2D eigenvalue weighted by Crippen LogP contribution is 2.44. The number of hydrogen-bond acceptors (Lipinski definition) is 5. The fourth-order valence-corrected chi connectivity index (χ4v) is 3.28. The van der Waals surface area contributed by atoms with E-state index in [1.807, 2.05) is 19.2 Å². The molecule has 118 valence electrons. The van der Waals surface area contributed by atoms with Gasteiger partial charge >= 0.3 is 0 Å². The predicted octanol–water partition coefficient (Wildman–Crippen LogP) is 1.92. The van der Waals surface area contributed by atoms with E-state index in [9.17, 15) is 0 Å². The minimum atomic E-state index is 0.326. The molecule has 0 saturated carbocycles. The normalized spacial score (nSPS) is 22.3. The van der Waals surface area contributed by atoms with Crippen molar-refractivity contribution in [1.82, 2.24) is 10.2 Å². The first-order valence-corrected chi connectivity index (χ1v) is 7.31. The lowest BCUT2D eigenvalue weighted by Gasteiger charge is -2.27. The minimum Gasteiger partial charge on any atom is -0.496 e. The second-order valence-electron chi connectivity index (χ2n) is 5.48. The van der Waals surface area contributed by atoms with Gasteiger partial charge in [-0.1, -0.05) is 0 Å². The maximum Gasteiger partial charge on any atom is 0.164 e. The van der Waals surface area contributed by atoms with Crippen molar-refractivity contribution >= 4 is 0 Å². The Morgan fingerprint density at radius 1 is 1.10 bits per heavy atom. The zero-order chi connectivity index (χ0) is 15.4. The van der Waals surface area contributed by atoms with Crippen LogP contribution in [0.4, 0.5) is 0 Å². The largest absolute Gasteiger partial charge is 0.496 e. The van der Waals surface area contributed by atoms with E-state index in [4.69, 9.17) is 14.2 Å². The summed E-state index contributed by atoms with van der Waals surface area (Å²) in [4.78, 5) is 2.38. The van der Waals surface area contributed by atoms with Crippen LogP contribution in [0.3, 0.4) is 0 Å². The molecule has 0 bridgehead atoms.